The molecule has 0 atom stereocenters. The molecule has 0 aliphatic rings. The second kappa shape index (κ2) is 5.52. The lowest BCUT2D eigenvalue weighted by atomic mass is 10.1. The standard InChI is InChI=1S/C11H11F3N2O2/c12-11(13,14)8-3-1-7(2-4-8)5-10(18)16-6-9(15)17/h1-4H,5-6H2,(H2,15,17)(H,16,18). The molecule has 2 amide bonds. The summed E-state index contributed by atoms with van der Waals surface area (Å²) in [6.07, 6.45) is -4.50. The van der Waals surface area contributed by atoms with Crippen molar-refractivity contribution in [1.82, 2.24) is 5.32 Å². The molecule has 0 fully saturated rings. The fourth-order valence-electron chi connectivity index (χ4n) is 1.25. The summed E-state index contributed by atoms with van der Waals surface area (Å²) in [4.78, 5) is 21.7. The zero-order valence-electron chi connectivity index (χ0n) is 9.25. The predicted octanol–water partition coefficient (Wildman–Crippen LogP) is 0.849. The number of carbonyl (C=O) groups excluding carboxylic acids is 2. The lowest BCUT2D eigenvalue weighted by Crippen LogP contribution is -2.34. The lowest BCUT2D eigenvalue weighted by Gasteiger charge is -2.07. The molecule has 0 saturated heterocycles. The van der Waals surface area contributed by atoms with E-state index < -0.39 is 23.6 Å². The first-order chi connectivity index (χ1) is 8.29. The lowest BCUT2D eigenvalue weighted by molar-refractivity contribution is -0.137. The van der Waals surface area contributed by atoms with Crippen molar-refractivity contribution >= 4 is 11.8 Å². The first-order valence-corrected chi connectivity index (χ1v) is 5.00. The average molecular weight is 260 g/mol. The van der Waals surface area contributed by atoms with E-state index in [0.29, 0.717) is 5.56 Å². The molecular weight excluding hydrogens is 249 g/mol. The van der Waals surface area contributed by atoms with Crippen LogP contribution in [0, 0.1) is 0 Å². The van der Waals surface area contributed by atoms with E-state index in [2.05, 4.69) is 5.32 Å². The van der Waals surface area contributed by atoms with Gasteiger partial charge < -0.3 is 11.1 Å². The number of hydrogen-bond acceptors (Lipinski definition) is 2. The van der Waals surface area contributed by atoms with Crippen LogP contribution in [0.2, 0.25) is 0 Å². The number of halogens is 3. The molecule has 1 rings (SSSR count). The fourth-order valence-corrected chi connectivity index (χ4v) is 1.25. The Kier molecular flexibility index (Phi) is 4.30. The topological polar surface area (TPSA) is 72.2 Å². The average Bonchev–Trinajstić information content (AvgIpc) is 2.26. The number of nitrogens with one attached hydrogen (secondary N) is 1. The highest BCUT2D eigenvalue weighted by molar-refractivity contribution is 5.84. The van der Waals surface area contributed by atoms with Crippen LogP contribution in [0.25, 0.3) is 0 Å². The second-order valence-electron chi connectivity index (χ2n) is 3.61. The second-order valence-corrected chi connectivity index (χ2v) is 3.61. The van der Waals surface area contributed by atoms with Crippen LogP contribution in [0.15, 0.2) is 24.3 Å². The van der Waals surface area contributed by atoms with Gasteiger partial charge in [-0.3, -0.25) is 9.59 Å². The van der Waals surface area contributed by atoms with E-state index in [1.165, 1.54) is 12.1 Å². The highest BCUT2D eigenvalue weighted by Crippen LogP contribution is 2.29. The minimum absolute atomic E-state index is 0.106. The molecule has 7 heteroatoms. The molecule has 0 aliphatic carbocycles. The van der Waals surface area contributed by atoms with Crippen LogP contribution in [0.5, 0.6) is 0 Å². The Morgan fingerprint density at radius 1 is 1.17 bits per heavy atom. The first-order valence-electron chi connectivity index (χ1n) is 5.00. The van der Waals surface area contributed by atoms with Gasteiger partial charge in [0.2, 0.25) is 11.8 Å². The molecule has 1 aromatic rings. The Hall–Kier alpha value is -2.05. The molecule has 0 aromatic heterocycles. The summed E-state index contributed by atoms with van der Waals surface area (Å²) in [6.45, 7) is -0.292. The van der Waals surface area contributed by atoms with Gasteiger partial charge in [-0.1, -0.05) is 12.1 Å². The van der Waals surface area contributed by atoms with Gasteiger partial charge in [0.25, 0.3) is 0 Å². The van der Waals surface area contributed by atoms with Gasteiger partial charge in [-0.15, -0.1) is 0 Å². The summed E-state index contributed by atoms with van der Waals surface area (Å²) < 4.78 is 36.8. The van der Waals surface area contributed by atoms with Crippen LogP contribution in [0.1, 0.15) is 11.1 Å². The van der Waals surface area contributed by atoms with Crippen molar-refractivity contribution in [3.63, 3.8) is 0 Å². The van der Waals surface area contributed by atoms with Gasteiger partial charge in [-0.05, 0) is 17.7 Å². The van der Waals surface area contributed by atoms with Crippen LogP contribution in [0.4, 0.5) is 13.2 Å². The van der Waals surface area contributed by atoms with Crippen molar-refractivity contribution in [1.29, 1.82) is 0 Å². The van der Waals surface area contributed by atoms with E-state index in [-0.39, 0.29) is 13.0 Å². The van der Waals surface area contributed by atoms with Crippen LogP contribution in [-0.4, -0.2) is 18.4 Å². The maximum absolute atomic E-state index is 12.3. The molecule has 98 valence electrons. The van der Waals surface area contributed by atoms with Crippen LogP contribution >= 0.6 is 0 Å². The van der Waals surface area contributed by atoms with E-state index in [4.69, 9.17) is 5.73 Å². The van der Waals surface area contributed by atoms with Gasteiger partial charge in [0, 0.05) is 0 Å². The predicted molar refractivity (Wildman–Crippen MR) is 57.4 cm³/mol. The Morgan fingerprint density at radius 3 is 2.17 bits per heavy atom. The third kappa shape index (κ3) is 4.44. The molecule has 0 spiro atoms. The smallest absolute Gasteiger partial charge is 0.368 e. The summed E-state index contributed by atoms with van der Waals surface area (Å²) in [7, 11) is 0. The van der Waals surface area contributed by atoms with E-state index in [1.807, 2.05) is 0 Å². The molecule has 4 nitrogen and oxygen atoms in total. The number of benzene rings is 1. The van der Waals surface area contributed by atoms with Gasteiger partial charge in [-0.2, -0.15) is 13.2 Å². The van der Waals surface area contributed by atoms with E-state index >= 15 is 0 Å². The number of carbonyl (C=O) groups is 2. The Morgan fingerprint density at radius 2 is 1.72 bits per heavy atom. The van der Waals surface area contributed by atoms with Gasteiger partial charge in [0.05, 0.1) is 18.5 Å². The van der Waals surface area contributed by atoms with Crippen molar-refractivity contribution in [3.8, 4) is 0 Å². The third-order valence-corrected chi connectivity index (χ3v) is 2.11. The van der Waals surface area contributed by atoms with Crippen LogP contribution in [0.3, 0.4) is 0 Å². The number of rotatable bonds is 4. The Bertz CT molecular complexity index is 441. The number of primary amides is 1. The van der Waals surface area contributed by atoms with Crippen molar-refractivity contribution in [2.45, 2.75) is 12.6 Å². The SMILES string of the molecule is NC(=O)CNC(=O)Cc1ccc(C(F)(F)F)cc1. The van der Waals surface area contributed by atoms with Gasteiger partial charge in [0.1, 0.15) is 0 Å². The summed E-state index contributed by atoms with van der Waals surface area (Å²) in [6, 6.07) is 4.23. The maximum Gasteiger partial charge on any atom is 0.416 e. The van der Waals surface area contributed by atoms with E-state index in [0.717, 1.165) is 12.1 Å². The summed E-state index contributed by atoms with van der Waals surface area (Å²) in [5.41, 5.74) is 4.47. The van der Waals surface area contributed by atoms with Crippen molar-refractivity contribution in [3.05, 3.63) is 35.4 Å². The Labute approximate surface area is 101 Å². The highest BCUT2D eigenvalue weighted by atomic mass is 19.4. The van der Waals surface area contributed by atoms with Crippen molar-refractivity contribution in [2.24, 2.45) is 5.73 Å². The van der Waals surface area contributed by atoms with Gasteiger partial charge in [0.15, 0.2) is 0 Å². The number of nitrogens with two attached hydrogens (primary N) is 1. The summed E-state index contributed by atoms with van der Waals surface area (Å²) >= 11 is 0. The van der Waals surface area contributed by atoms with E-state index in [9.17, 15) is 22.8 Å². The number of hydrogen-bond donors (Lipinski definition) is 2. The minimum Gasteiger partial charge on any atom is -0.368 e. The molecule has 3 N–H and O–H groups in total. The van der Waals surface area contributed by atoms with Crippen LogP contribution < -0.4 is 11.1 Å². The largest absolute Gasteiger partial charge is 0.416 e. The monoisotopic (exact) mass is 260 g/mol. The molecule has 0 heterocycles. The highest BCUT2D eigenvalue weighted by Gasteiger charge is 2.29. The number of alkyl halides is 3. The first kappa shape index (κ1) is 14.0. The quantitative estimate of drug-likeness (QED) is 0.842. The minimum atomic E-state index is -4.40. The van der Waals surface area contributed by atoms with Crippen LogP contribution in [-0.2, 0) is 22.2 Å². The fraction of sp³-hybridized carbons (Fsp3) is 0.273. The summed E-state index contributed by atoms with van der Waals surface area (Å²) in [5.74, 6) is -1.16. The zero-order valence-corrected chi connectivity index (χ0v) is 9.25. The van der Waals surface area contributed by atoms with E-state index in [1.54, 1.807) is 0 Å². The zero-order chi connectivity index (χ0) is 13.8. The molecule has 0 bridgehead atoms. The van der Waals surface area contributed by atoms with Crippen molar-refractivity contribution in [2.75, 3.05) is 6.54 Å². The Balaban J connectivity index is 2.59. The van der Waals surface area contributed by atoms with Gasteiger partial charge >= 0.3 is 6.18 Å². The molecule has 18 heavy (non-hydrogen) atoms. The van der Waals surface area contributed by atoms with Gasteiger partial charge in [-0.25, -0.2) is 0 Å². The summed E-state index contributed by atoms with van der Waals surface area (Å²) in [5, 5.41) is 2.24. The molecule has 0 radical (unpaired) electrons. The number of amides is 2. The van der Waals surface area contributed by atoms with Crippen molar-refractivity contribution < 1.29 is 22.8 Å². The molecule has 0 unspecified atom stereocenters. The molecule has 0 saturated carbocycles. The molecule has 0 aliphatic heterocycles. The molecular formula is C11H11F3N2O2. The molecule has 1 aromatic carbocycles. The third-order valence-electron chi connectivity index (χ3n) is 2.11. The maximum atomic E-state index is 12.3. The normalized spacial score (nSPS) is 11.1.